The molecule has 4 nitrogen and oxygen atoms in total. The predicted octanol–water partition coefficient (Wildman–Crippen LogP) is 4.19. The maximum absolute atomic E-state index is 11.9. The van der Waals surface area contributed by atoms with Gasteiger partial charge < -0.3 is 10.1 Å². The van der Waals surface area contributed by atoms with Crippen molar-refractivity contribution in [2.75, 3.05) is 12.9 Å². The third-order valence-electron chi connectivity index (χ3n) is 3.13. The molecule has 0 aliphatic rings. The number of rotatable bonds is 6. The molecule has 1 amide bonds. The number of ether oxygens (including phenoxy) is 1. The van der Waals surface area contributed by atoms with Gasteiger partial charge in [0.05, 0.1) is 28.5 Å². The molecule has 2 rings (SSSR count). The predicted molar refractivity (Wildman–Crippen MR) is 96.8 cm³/mol. The Hall–Kier alpha value is -1.69. The summed E-state index contributed by atoms with van der Waals surface area (Å²) in [4.78, 5) is 24.0. The van der Waals surface area contributed by atoms with Crippen molar-refractivity contribution in [3.05, 3.63) is 63.6 Å². The van der Waals surface area contributed by atoms with Crippen LogP contribution >= 0.6 is 35.0 Å². The average Bonchev–Trinajstić information content (AvgIpc) is 2.59. The van der Waals surface area contributed by atoms with Gasteiger partial charge in [0, 0.05) is 11.4 Å². The van der Waals surface area contributed by atoms with Crippen molar-refractivity contribution in [3.8, 4) is 0 Å². The molecular weight excluding hydrogens is 369 g/mol. The van der Waals surface area contributed by atoms with Crippen molar-refractivity contribution in [3.63, 3.8) is 0 Å². The van der Waals surface area contributed by atoms with Gasteiger partial charge in [0.25, 0.3) is 0 Å². The zero-order valence-electron chi connectivity index (χ0n) is 12.8. The number of esters is 1. The van der Waals surface area contributed by atoms with Crippen LogP contribution in [0.2, 0.25) is 10.0 Å². The molecule has 0 spiro atoms. The van der Waals surface area contributed by atoms with Crippen molar-refractivity contribution < 1.29 is 14.3 Å². The number of carbonyl (C=O) groups is 2. The van der Waals surface area contributed by atoms with E-state index in [2.05, 4.69) is 10.1 Å². The molecular formula is C17H15Cl2NO3S. The van der Waals surface area contributed by atoms with E-state index in [0.717, 1.165) is 5.56 Å². The summed E-state index contributed by atoms with van der Waals surface area (Å²) in [6, 6.07) is 12.1. The second-order valence-corrected chi connectivity index (χ2v) is 6.60. The Morgan fingerprint density at radius 3 is 2.29 bits per heavy atom. The van der Waals surface area contributed by atoms with Gasteiger partial charge in [0.1, 0.15) is 0 Å². The van der Waals surface area contributed by atoms with Crippen LogP contribution in [-0.2, 0) is 16.1 Å². The van der Waals surface area contributed by atoms with Crippen molar-refractivity contribution in [2.45, 2.75) is 11.4 Å². The van der Waals surface area contributed by atoms with Crippen LogP contribution in [0.15, 0.2) is 47.4 Å². The topological polar surface area (TPSA) is 55.4 Å². The molecule has 7 heteroatoms. The average molecular weight is 384 g/mol. The van der Waals surface area contributed by atoms with E-state index in [9.17, 15) is 9.59 Å². The van der Waals surface area contributed by atoms with Crippen LogP contribution < -0.4 is 5.32 Å². The quantitative estimate of drug-likeness (QED) is 0.600. The third kappa shape index (κ3) is 5.16. The van der Waals surface area contributed by atoms with E-state index in [4.69, 9.17) is 23.2 Å². The number of nitrogens with one attached hydrogen (secondary N) is 1. The summed E-state index contributed by atoms with van der Waals surface area (Å²) in [7, 11) is 1.33. The molecule has 0 aliphatic heterocycles. The smallest absolute Gasteiger partial charge is 0.337 e. The van der Waals surface area contributed by atoms with E-state index < -0.39 is 5.97 Å². The Kier molecular flexibility index (Phi) is 6.97. The van der Waals surface area contributed by atoms with Crippen LogP contribution in [0.3, 0.4) is 0 Å². The summed E-state index contributed by atoms with van der Waals surface area (Å²) in [6.45, 7) is 0.372. The maximum Gasteiger partial charge on any atom is 0.337 e. The Morgan fingerprint density at radius 1 is 1.08 bits per heavy atom. The largest absolute Gasteiger partial charge is 0.465 e. The number of hydrogen-bond acceptors (Lipinski definition) is 4. The Balaban J connectivity index is 1.84. The van der Waals surface area contributed by atoms with Gasteiger partial charge in [-0.1, -0.05) is 41.4 Å². The van der Waals surface area contributed by atoms with Crippen molar-refractivity contribution in [2.24, 2.45) is 0 Å². The summed E-state index contributed by atoms with van der Waals surface area (Å²) >= 11 is 13.4. The minimum absolute atomic E-state index is 0.131. The SMILES string of the molecule is COC(=O)c1ccc(CNC(=O)CSc2c(Cl)cccc2Cl)cc1. The Morgan fingerprint density at radius 2 is 1.71 bits per heavy atom. The monoisotopic (exact) mass is 383 g/mol. The standard InChI is InChI=1S/C17H15Cl2NO3S/c1-23-17(22)12-7-5-11(6-8-12)9-20-15(21)10-24-16-13(18)3-2-4-14(16)19/h2-8H,9-10H2,1H3,(H,20,21). The van der Waals surface area contributed by atoms with E-state index in [0.29, 0.717) is 27.0 Å². The van der Waals surface area contributed by atoms with Crippen molar-refractivity contribution >= 4 is 46.8 Å². The summed E-state index contributed by atoms with van der Waals surface area (Å²) < 4.78 is 4.63. The van der Waals surface area contributed by atoms with Gasteiger partial charge >= 0.3 is 5.97 Å². The first-order valence-corrected chi connectivity index (χ1v) is 8.76. The zero-order chi connectivity index (χ0) is 17.5. The summed E-state index contributed by atoms with van der Waals surface area (Å²) in [5, 5.41) is 3.86. The van der Waals surface area contributed by atoms with Gasteiger partial charge in [0.15, 0.2) is 0 Å². The van der Waals surface area contributed by atoms with Crippen molar-refractivity contribution in [1.82, 2.24) is 5.32 Å². The normalized spacial score (nSPS) is 10.3. The second kappa shape index (κ2) is 8.97. The van der Waals surface area contributed by atoms with Gasteiger partial charge in [-0.3, -0.25) is 4.79 Å². The van der Waals surface area contributed by atoms with Gasteiger partial charge in [-0.15, -0.1) is 11.8 Å². The Labute approximate surface area is 154 Å². The summed E-state index contributed by atoms with van der Waals surface area (Å²) in [6.07, 6.45) is 0. The molecule has 0 fully saturated rings. The van der Waals surface area contributed by atoms with Gasteiger partial charge in [-0.05, 0) is 29.8 Å². The summed E-state index contributed by atoms with van der Waals surface area (Å²) in [5.41, 5.74) is 1.35. The van der Waals surface area contributed by atoms with E-state index in [1.54, 1.807) is 42.5 Å². The van der Waals surface area contributed by atoms with Crippen LogP contribution in [0.25, 0.3) is 0 Å². The molecule has 0 aliphatic carbocycles. The molecule has 0 aromatic heterocycles. The first-order chi connectivity index (χ1) is 11.5. The fraction of sp³-hybridized carbons (Fsp3) is 0.176. The number of amides is 1. The molecule has 0 saturated heterocycles. The number of carbonyl (C=O) groups excluding carboxylic acids is 2. The molecule has 0 atom stereocenters. The molecule has 2 aromatic rings. The first-order valence-electron chi connectivity index (χ1n) is 7.02. The molecule has 0 unspecified atom stereocenters. The van der Waals surface area contributed by atoms with Crippen LogP contribution in [-0.4, -0.2) is 24.7 Å². The highest BCUT2D eigenvalue weighted by molar-refractivity contribution is 8.00. The zero-order valence-corrected chi connectivity index (χ0v) is 15.2. The van der Waals surface area contributed by atoms with Crippen LogP contribution in [0.4, 0.5) is 0 Å². The first kappa shape index (κ1) is 18.6. The number of halogens is 2. The van der Waals surface area contributed by atoms with E-state index in [-0.39, 0.29) is 11.7 Å². The van der Waals surface area contributed by atoms with Crippen LogP contribution in [0, 0.1) is 0 Å². The number of hydrogen-bond donors (Lipinski definition) is 1. The third-order valence-corrected chi connectivity index (χ3v) is 5.12. The lowest BCUT2D eigenvalue weighted by Gasteiger charge is -2.08. The van der Waals surface area contributed by atoms with Crippen LogP contribution in [0.1, 0.15) is 15.9 Å². The molecule has 24 heavy (non-hydrogen) atoms. The second-order valence-electron chi connectivity index (χ2n) is 4.80. The minimum atomic E-state index is -0.390. The van der Waals surface area contributed by atoms with Crippen LogP contribution in [0.5, 0.6) is 0 Å². The summed E-state index contributed by atoms with van der Waals surface area (Å²) in [5.74, 6) is -0.310. The van der Waals surface area contributed by atoms with E-state index >= 15 is 0 Å². The lowest BCUT2D eigenvalue weighted by molar-refractivity contribution is -0.118. The molecule has 2 aromatic carbocycles. The van der Waals surface area contributed by atoms with E-state index in [1.807, 2.05) is 0 Å². The van der Waals surface area contributed by atoms with E-state index in [1.165, 1.54) is 18.9 Å². The molecule has 0 heterocycles. The molecule has 0 bridgehead atoms. The lowest BCUT2D eigenvalue weighted by Crippen LogP contribution is -2.24. The molecule has 0 saturated carbocycles. The van der Waals surface area contributed by atoms with Gasteiger partial charge in [-0.25, -0.2) is 4.79 Å². The molecule has 1 N–H and O–H groups in total. The number of thioether (sulfide) groups is 1. The number of benzene rings is 2. The minimum Gasteiger partial charge on any atom is -0.465 e. The fourth-order valence-corrected chi connectivity index (χ4v) is 3.40. The highest BCUT2D eigenvalue weighted by atomic mass is 35.5. The maximum atomic E-state index is 11.9. The highest BCUT2D eigenvalue weighted by Gasteiger charge is 2.09. The number of methoxy groups -OCH3 is 1. The molecule has 126 valence electrons. The lowest BCUT2D eigenvalue weighted by atomic mass is 10.1. The van der Waals surface area contributed by atoms with Crippen molar-refractivity contribution in [1.29, 1.82) is 0 Å². The van der Waals surface area contributed by atoms with Gasteiger partial charge in [-0.2, -0.15) is 0 Å². The Bertz CT molecular complexity index is 715. The fourth-order valence-electron chi connectivity index (χ4n) is 1.89. The highest BCUT2D eigenvalue weighted by Crippen LogP contribution is 2.33. The van der Waals surface area contributed by atoms with Gasteiger partial charge in [0.2, 0.25) is 5.91 Å². The molecule has 0 radical (unpaired) electrons.